The van der Waals surface area contributed by atoms with E-state index in [-0.39, 0.29) is 17.4 Å². The van der Waals surface area contributed by atoms with Crippen LogP contribution in [0.15, 0.2) is 54.6 Å². The van der Waals surface area contributed by atoms with E-state index in [9.17, 15) is 4.79 Å². The molecule has 1 saturated carbocycles. The lowest BCUT2D eigenvalue weighted by atomic mass is 9.94. The maximum Gasteiger partial charge on any atom is 0.231 e. The first-order valence-electron chi connectivity index (χ1n) is 8.20. The molecule has 1 atom stereocenters. The number of carbonyl (C=O) groups excluding carboxylic acids is 1. The van der Waals surface area contributed by atoms with Crippen LogP contribution in [0.4, 0.5) is 0 Å². The Kier molecular flexibility index (Phi) is 4.37. The number of hydrogen-bond acceptors (Lipinski definition) is 2. The SMILES string of the molecule is CCC(NC(=O)C1(c2ccccc2)CC1)c1ccc(OC)cc1. The molecule has 1 N–H and O–H groups in total. The molecule has 0 aromatic heterocycles. The van der Waals surface area contributed by atoms with Gasteiger partial charge in [0, 0.05) is 0 Å². The average Bonchev–Trinajstić information content (AvgIpc) is 3.42. The Morgan fingerprint density at radius 3 is 2.30 bits per heavy atom. The monoisotopic (exact) mass is 309 g/mol. The Bertz CT molecular complexity index is 660. The van der Waals surface area contributed by atoms with Crippen LogP contribution >= 0.6 is 0 Å². The highest BCUT2D eigenvalue weighted by Gasteiger charge is 2.51. The number of benzene rings is 2. The number of rotatable bonds is 6. The molecule has 120 valence electrons. The van der Waals surface area contributed by atoms with E-state index in [2.05, 4.69) is 24.4 Å². The quantitative estimate of drug-likeness (QED) is 0.876. The van der Waals surface area contributed by atoms with Gasteiger partial charge in [-0.05, 0) is 42.5 Å². The van der Waals surface area contributed by atoms with E-state index in [1.54, 1.807) is 7.11 Å². The summed E-state index contributed by atoms with van der Waals surface area (Å²) in [6, 6.07) is 18.1. The second-order valence-electron chi connectivity index (χ2n) is 6.16. The molecular formula is C20H23NO2. The number of carbonyl (C=O) groups is 1. The molecule has 3 rings (SSSR count). The van der Waals surface area contributed by atoms with Crippen molar-refractivity contribution in [2.75, 3.05) is 7.11 Å². The Morgan fingerprint density at radius 1 is 1.13 bits per heavy atom. The molecule has 0 saturated heterocycles. The molecule has 0 aliphatic heterocycles. The van der Waals surface area contributed by atoms with Gasteiger partial charge in [-0.2, -0.15) is 0 Å². The van der Waals surface area contributed by atoms with Crippen LogP contribution in [0.25, 0.3) is 0 Å². The van der Waals surface area contributed by atoms with E-state index in [0.717, 1.165) is 36.1 Å². The van der Waals surface area contributed by atoms with Gasteiger partial charge in [0.2, 0.25) is 5.91 Å². The molecule has 23 heavy (non-hydrogen) atoms. The fourth-order valence-electron chi connectivity index (χ4n) is 3.08. The van der Waals surface area contributed by atoms with Gasteiger partial charge in [-0.15, -0.1) is 0 Å². The van der Waals surface area contributed by atoms with Crippen LogP contribution in [0, 0.1) is 0 Å². The number of nitrogens with one attached hydrogen (secondary N) is 1. The largest absolute Gasteiger partial charge is 0.497 e. The van der Waals surface area contributed by atoms with Crippen molar-refractivity contribution in [1.82, 2.24) is 5.32 Å². The molecule has 1 aliphatic carbocycles. The van der Waals surface area contributed by atoms with Gasteiger partial charge in [0.05, 0.1) is 18.6 Å². The van der Waals surface area contributed by atoms with Crippen LogP contribution in [0.2, 0.25) is 0 Å². The molecule has 1 amide bonds. The van der Waals surface area contributed by atoms with Gasteiger partial charge in [-0.25, -0.2) is 0 Å². The summed E-state index contributed by atoms with van der Waals surface area (Å²) in [6.45, 7) is 2.09. The zero-order valence-electron chi connectivity index (χ0n) is 13.7. The lowest BCUT2D eigenvalue weighted by Crippen LogP contribution is -2.37. The summed E-state index contributed by atoms with van der Waals surface area (Å²) < 4.78 is 5.20. The molecule has 1 unspecified atom stereocenters. The van der Waals surface area contributed by atoms with Gasteiger partial charge in [0.25, 0.3) is 0 Å². The van der Waals surface area contributed by atoms with Crippen molar-refractivity contribution in [3.63, 3.8) is 0 Å². The van der Waals surface area contributed by atoms with Crippen molar-refractivity contribution in [3.8, 4) is 5.75 Å². The minimum Gasteiger partial charge on any atom is -0.497 e. The molecule has 1 aliphatic rings. The van der Waals surface area contributed by atoms with Gasteiger partial charge in [-0.1, -0.05) is 49.4 Å². The molecule has 2 aromatic carbocycles. The topological polar surface area (TPSA) is 38.3 Å². The smallest absolute Gasteiger partial charge is 0.231 e. The van der Waals surface area contributed by atoms with Crippen LogP contribution in [0.3, 0.4) is 0 Å². The maximum absolute atomic E-state index is 12.9. The maximum atomic E-state index is 12.9. The molecule has 0 heterocycles. The van der Waals surface area contributed by atoms with Crippen LogP contribution in [-0.4, -0.2) is 13.0 Å². The second-order valence-corrected chi connectivity index (χ2v) is 6.16. The highest BCUT2D eigenvalue weighted by molar-refractivity contribution is 5.91. The number of methoxy groups -OCH3 is 1. The molecule has 3 heteroatoms. The fourth-order valence-corrected chi connectivity index (χ4v) is 3.08. The number of amides is 1. The zero-order valence-corrected chi connectivity index (χ0v) is 13.7. The third-order valence-corrected chi connectivity index (χ3v) is 4.74. The molecule has 0 spiro atoms. The molecule has 1 fully saturated rings. The molecule has 0 bridgehead atoms. The van der Waals surface area contributed by atoms with Crippen molar-refractivity contribution >= 4 is 5.91 Å². The average molecular weight is 309 g/mol. The molecular weight excluding hydrogens is 286 g/mol. The minimum atomic E-state index is -0.318. The summed E-state index contributed by atoms with van der Waals surface area (Å²) >= 11 is 0. The van der Waals surface area contributed by atoms with Gasteiger partial charge < -0.3 is 10.1 Å². The summed E-state index contributed by atoms with van der Waals surface area (Å²) in [5, 5.41) is 3.24. The third-order valence-electron chi connectivity index (χ3n) is 4.74. The lowest BCUT2D eigenvalue weighted by Gasteiger charge is -2.22. The first-order valence-corrected chi connectivity index (χ1v) is 8.20. The van der Waals surface area contributed by atoms with E-state index in [1.165, 1.54) is 0 Å². The van der Waals surface area contributed by atoms with Crippen LogP contribution in [-0.2, 0) is 10.2 Å². The van der Waals surface area contributed by atoms with E-state index in [1.807, 2.05) is 42.5 Å². The van der Waals surface area contributed by atoms with E-state index < -0.39 is 0 Å². The lowest BCUT2D eigenvalue weighted by molar-refractivity contribution is -0.124. The highest BCUT2D eigenvalue weighted by atomic mass is 16.5. The first kappa shape index (κ1) is 15.6. The van der Waals surface area contributed by atoms with Crippen LogP contribution in [0.1, 0.15) is 43.4 Å². The van der Waals surface area contributed by atoms with Crippen molar-refractivity contribution < 1.29 is 9.53 Å². The Balaban J connectivity index is 1.75. The van der Waals surface area contributed by atoms with Crippen molar-refractivity contribution in [2.45, 2.75) is 37.6 Å². The predicted octanol–water partition coefficient (Wildman–Crippen LogP) is 3.99. The van der Waals surface area contributed by atoms with Gasteiger partial charge in [-0.3, -0.25) is 4.79 Å². The Morgan fingerprint density at radius 2 is 1.78 bits per heavy atom. The normalized spacial score (nSPS) is 16.4. The standard InChI is InChI=1S/C20H23NO2/c1-3-18(15-9-11-17(23-2)12-10-15)21-19(22)20(13-14-20)16-7-5-4-6-8-16/h4-12,18H,3,13-14H2,1-2H3,(H,21,22). The van der Waals surface area contributed by atoms with Gasteiger partial charge in [0.15, 0.2) is 0 Å². The van der Waals surface area contributed by atoms with E-state index in [4.69, 9.17) is 4.74 Å². The van der Waals surface area contributed by atoms with E-state index in [0.29, 0.717) is 0 Å². The number of ether oxygens (including phenoxy) is 1. The number of hydrogen-bond donors (Lipinski definition) is 1. The van der Waals surface area contributed by atoms with E-state index >= 15 is 0 Å². The molecule has 3 nitrogen and oxygen atoms in total. The van der Waals surface area contributed by atoms with Crippen molar-refractivity contribution in [3.05, 3.63) is 65.7 Å². The zero-order chi connectivity index (χ0) is 16.3. The van der Waals surface area contributed by atoms with Gasteiger partial charge in [0.1, 0.15) is 5.75 Å². The summed E-state index contributed by atoms with van der Waals surface area (Å²) in [7, 11) is 1.66. The Labute approximate surface area is 137 Å². The van der Waals surface area contributed by atoms with Crippen molar-refractivity contribution in [2.24, 2.45) is 0 Å². The molecule has 2 aromatic rings. The third kappa shape index (κ3) is 3.09. The second kappa shape index (κ2) is 6.45. The highest BCUT2D eigenvalue weighted by Crippen LogP contribution is 2.48. The van der Waals surface area contributed by atoms with Crippen LogP contribution in [0.5, 0.6) is 5.75 Å². The summed E-state index contributed by atoms with van der Waals surface area (Å²) in [5.74, 6) is 0.976. The minimum absolute atomic E-state index is 0.0367. The predicted molar refractivity (Wildman–Crippen MR) is 91.5 cm³/mol. The fraction of sp³-hybridized carbons (Fsp3) is 0.350. The summed E-state index contributed by atoms with van der Waals surface area (Å²) in [4.78, 5) is 12.9. The Hall–Kier alpha value is -2.29. The summed E-state index contributed by atoms with van der Waals surface area (Å²) in [5.41, 5.74) is 1.92. The summed E-state index contributed by atoms with van der Waals surface area (Å²) in [6.07, 6.45) is 2.73. The van der Waals surface area contributed by atoms with Crippen molar-refractivity contribution in [1.29, 1.82) is 0 Å². The van der Waals surface area contributed by atoms with Gasteiger partial charge >= 0.3 is 0 Å². The molecule has 0 radical (unpaired) electrons. The van der Waals surface area contributed by atoms with Crippen LogP contribution < -0.4 is 10.1 Å². The first-order chi connectivity index (χ1) is 11.2.